The van der Waals surface area contributed by atoms with Crippen LogP contribution in [0.2, 0.25) is 0 Å². The molecule has 4 nitrogen and oxygen atoms in total. The maximum Gasteiger partial charge on any atom is 0.413 e. The molecule has 1 heterocycles. The second-order valence-corrected chi connectivity index (χ2v) is 7.09. The number of anilines is 1. The van der Waals surface area contributed by atoms with Gasteiger partial charge >= 0.3 is 6.09 Å². The van der Waals surface area contributed by atoms with Gasteiger partial charge in [-0.2, -0.15) is 0 Å². The summed E-state index contributed by atoms with van der Waals surface area (Å²) in [6.45, 7) is 7.31. The largest absolute Gasteiger partial charge is 0.413 e. The predicted octanol–water partition coefficient (Wildman–Crippen LogP) is 4.26. The Balaban J connectivity index is 1.70. The molecule has 0 saturated heterocycles. The zero-order valence-electron chi connectivity index (χ0n) is 14.7. The summed E-state index contributed by atoms with van der Waals surface area (Å²) in [5.74, 6) is 0.579. The average Bonchev–Trinajstić information content (AvgIpc) is 2.77. The first-order valence-corrected chi connectivity index (χ1v) is 8.26. The SMILES string of the molecule is CC(NC(=O)Oc1ccc2c(c1)C(C)(C)CN2C)c1ccccc1. The third kappa shape index (κ3) is 3.23. The van der Waals surface area contributed by atoms with Crippen LogP contribution in [-0.2, 0) is 5.41 Å². The van der Waals surface area contributed by atoms with Crippen LogP contribution in [0.3, 0.4) is 0 Å². The Morgan fingerprint density at radius 3 is 2.62 bits per heavy atom. The number of hydrogen-bond acceptors (Lipinski definition) is 3. The lowest BCUT2D eigenvalue weighted by molar-refractivity contribution is 0.197. The number of carbonyl (C=O) groups is 1. The monoisotopic (exact) mass is 324 g/mol. The topological polar surface area (TPSA) is 41.6 Å². The van der Waals surface area contributed by atoms with Gasteiger partial charge in [-0.15, -0.1) is 0 Å². The van der Waals surface area contributed by atoms with Crippen LogP contribution < -0.4 is 15.0 Å². The molecule has 0 fully saturated rings. The van der Waals surface area contributed by atoms with Gasteiger partial charge in [0.05, 0.1) is 6.04 Å². The van der Waals surface area contributed by atoms with E-state index in [-0.39, 0.29) is 11.5 Å². The lowest BCUT2D eigenvalue weighted by Crippen LogP contribution is -2.29. The van der Waals surface area contributed by atoms with Crippen molar-refractivity contribution in [2.24, 2.45) is 0 Å². The zero-order chi connectivity index (χ0) is 17.3. The van der Waals surface area contributed by atoms with E-state index in [0.29, 0.717) is 5.75 Å². The first kappa shape index (κ1) is 16.4. The van der Waals surface area contributed by atoms with Gasteiger partial charge in [-0.25, -0.2) is 4.79 Å². The van der Waals surface area contributed by atoms with Gasteiger partial charge in [-0.1, -0.05) is 44.2 Å². The Kier molecular flexibility index (Phi) is 4.22. The van der Waals surface area contributed by atoms with Gasteiger partial charge in [-0.05, 0) is 36.2 Å². The fraction of sp³-hybridized carbons (Fsp3) is 0.350. The molecule has 1 N–H and O–H groups in total. The van der Waals surface area contributed by atoms with Crippen molar-refractivity contribution in [2.75, 3.05) is 18.5 Å². The molecule has 1 aliphatic heterocycles. The lowest BCUT2D eigenvalue weighted by Gasteiger charge is -2.19. The van der Waals surface area contributed by atoms with Crippen molar-refractivity contribution in [3.05, 3.63) is 59.7 Å². The molecule has 4 heteroatoms. The summed E-state index contributed by atoms with van der Waals surface area (Å²) in [6, 6.07) is 15.6. The average molecular weight is 324 g/mol. The van der Waals surface area contributed by atoms with E-state index in [0.717, 1.165) is 12.1 Å². The number of nitrogens with one attached hydrogen (secondary N) is 1. The highest BCUT2D eigenvalue weighted by Crippen LogP contribution is 2.41. The van der Waals surface area contributed by atoms with E-state index in [4.69, 9.17) is 4.74 Å². The van der Waals surface area contributed by atoms with Crippen LogP contribution in [-0.4, -0.2) is 19.7 Å². The molecule has 2 aromatic carbocycles. The summed E-state index contributed by atoms with van der Waals surface area (Å²) in [6.07, 6.45) is -0.435. The Hall–Kier alpha value is -2.49. The molecule has 0 bridgehead atoms. The van der Waals surface area contributed by atoms with E-state index in [1.54, 1.807) is 0 Å². The summed E-state index contributed by atoms with van der Waals surface area (Å²) in [5.41, 5.74) is 3.51. The fourth-order valence-electron chi connectivity index (χ4n) is 3.36. The van der Waals surface area contributed by atoms with Crippen LogP contribution in [0.15, 0.2) is 48.5 Å². The molecular formula is C20H24N2O2. The van der Waals surface area contributed by atoms with Crippen LogP contribution in [0.1, 0.15) is 37.9 Å². The Bertz CT molecular complexity index is 741. The number of amides is 1. The van der Waals surface area contributed by atoms with Crippen LogP contribution in [0.25, 0.3) is 0 Å². The zero-order valence-corrected chi connectivity index (χ0v) is 14.7. The van der Waals surface area contributed by atoms with Crippen molar-refractivity contribution in [2.45, 2.75) is 32.2 Å². The van der Waals surface area contributed by atoms with Gasteiger partial charge < -0.3 is 15.0 Å². The molecule has 0 radical (unpaired) electrons. The summed E-state index contributed by atoms with van der Waals surface area (Å²) in [5, 5.41) is 2.87. The van der Waals surface area contributed by atoms with E-state index in [1.165, 1.54) is 11.3 Å². The molecule has 1 unspecified atom stereocenters. The van der Waals surface area contributed by atoms with E-state index in [2.05, 4.69) is 31.1 Å². The molecule has 0 saturated carbocycles. The number of likely N-dealkylation sites (N-methyl/N-ethyl adjacent to an activating group) is 1. The number of hydrogen-bond donors (Lipinski definition) is 1. The van der Waals surface area contributed by atoms with Crippen molar-refractivity contribution >= 4 is 11.8 Å². The van der Waals surface area contributed by atoms with Crippen molar-refractivity contribution < 1.29 is 9.53 Å². The molecule has 126 valence electrons. The first-order chi connectivity index (χ1) is 11.4. The number of rotatable bonds is 3. The number of ether oxygens (including phenoxy) is 1. The molecule has 24 heavy (non-hydrogen) atoms. The molecule has 3 rings (SSSR count). The Labute approximate surface area is 143 Å². The molecule has 0 aromatic heterocycles. The highest BCUT2D eigenvalue weighted by atomic mass is 16.6. The Morgan fingerprint density at radius 1 is 1.21 bits per heavy atom. The summed E-state index contributed by atoms with van der Waals surface area (Å²) in [4.78, 5) is 14.4. The van der Waals surface area contributed by atoms with Crippen molar-refractivity contribution in [3.63, 3.8) is 0 Å². The van der Waals surface area contributed by atoms with Gasteiger partial charge in [0.1, 0.15) is 5.75 Å². The molecule has 1 amide bonds. The van der Waals surface area contributed by atoms with E-state index in [9.17, 15) is 4.79 Å². The summed E-state index contributed by atoms with van der Waals surface area (Å²) >= 11 is 0. The quantitative estimate of drug-likeness (QED) is 0.917. The van der Waals surface area contributed by atoms with Gasteiger partial charge in [-0.3, -0.25) is 0 Å². The van der Waals surface area contributed by atoms with Crippen molar-refractivity contribution in [1.29, 1.82) is 0 Å². The molecule has 1 atom stereocenters. The maximum atomic E-state index is 12.2. The second kappa shape index (κ2) is 6.19. The predicted molar refractivity (Wildman–Crippen MR) is 96.8 cm³/mol. The van der Waals surface area contributed by atoms with Crippen LogP contribution in [0, 0.1) is 0 Å². The fourth-order valence-corrected chi connectivity index (χ4v) is 3.36. The molecule has 0 spiro atoms. The number of fused-ring (bicyclic) bond motifs is 1. The van der Waals surface area contributed by atoms with Gasteiger partial charge in [0.15, 0.2) is 0 Å². The third-order valence-electron chi connectivity index (χ3n) is 4.59. The summed E-state index contributed by atoms with van der Waals surface area (Å²) in [7, 11) is 2.09. The first-order valence-electron chi connectivity index (χ1n) is 8.26. The molecule has 0 aliphatic carbocycles. The Morgan fingerprint density at radius 2 is 1.92 bits per heavy atom. The van der Waals surface area contributed by atoms with Crippen molar-refractivity contribution in [3.8, 4) is 5.75 Å². The van der Waals surface area contributed by atoms with Crippen molar-refractivity contribution in [1.82, 2.24) is 5.32 Å². The smallest absolute Gasteiger partial charge is 0.410 e. The van der Waals surface area contributed by atoms with Gasteiger partial charge in [0.25, 0.3) is 0 Å². The van der Waals surface area contributed by atoms with E-state index >= 15 is 0 Å². The van der Waals surface area contributed by atoms with Gasteiger partial charge in [0, 0.05) is 24.7 Å². The van der Waals surface area contributed by atoms with Gasteiger partial charge in [0.2, 0.25) is 0 Å². The standard InChI is InChI=1S/C20H24N2O2/c1-14(15-8-6-5-7-9-15)21-19(23)24-16-10-11-18-17(12-16)20(2,3)13-22(18)4/h5-12,14H,13H2,1-4H3,(H,21,23). The number of carbonyl (C=O) groups excluding carboxylic acids is 1. The molecular weight excluding hydrogens is 300 g/mol. The number of benzene rings is 2. The normalized spacial score (nSPS) is 16.4. The van der Waals surface area contributed by atoms with E-state index in [1.807, 2.05) is 55.5 Å². The minimum atomic E-state index is -0.435. The molecule has 1 aliphatic rings. The second-order valence-electron chi connectivity index (χ2n) is 7.09. The minimum absolute atomic E-state index is 0.0528. The van der Waals surface area contributed by atoms with E-state index < -0.39 is 6.09 Å². The summed E-state index contributed by atoms with van der Waals surface area (Å²) < 4.78 is 5.49. The maximum absolute atomic E-state index is 12.2. The lowest BCUT2D eigenvalue weighted by atomic mass is 9.87. The third-order valence-corrected chi connectivity index (χ3v) is 4.59. The highest BCUT2D eigenvalue weighted by Gasteiger charge is 2.33. The van der Waals surface area contributed by atoms with Crippen LogP contribution in [0.4, 0.5) is 10.5 Å². The highest BCUT2D eigenvalue weighted by molar-refractivity contribution is 5.72. The van der Waals surface area contributed by atoms with Crippen LogP contribution in [0.5, 0.6) is 5.75 Å². The minimum Gasteiger partial charge on any atom is -0.410 e. The number of nitrogens with zero attached hydrogens (tertiary/aromatic N) is 1. The molecule has 2 aromatic rings. The van der Waals surface area contributed by atoms with Crippen LogP contribution >= 0.6 is 0 Å².